The van der Waals surface area contributed by atoms with Crippen molar-refractivity contribution < 1.29 is 17.6 Å². The highest BCUT2D eigenvalue weighted by molar-refractivity contribution is 7.98. The Kier molecular flexibility index (Phi) is 6.74. The monoisotopic (exact) mass is 368 g/mol. The molecule has 0 fully saturated rings. The Bertz CT molecular complexity index is 741. The van der Waals surface area contributed by atoms with Crippen LogP contribution in [0.1, 0.15) is 23.0 Å². The first-order valence-electron chi connectivity index (χ1n) is 7.49. The van der Waals surface area contributed by atoms with Crippen LogP contribution in [0.5, 0.6) is 0 Å². The van der Waals surface area contributed by atoms with Crippen molar-refractivity contribution in [3.05, 3.63) is 54.0 Å². The zero-order valence-electron chi connectivity index (χ0n) is 13.3. The zero-order chi connectivity index (χ0) is 17.4. The van der Waals surface area contributed by atoms with E-state index in [0.29, 0.717) is 17.8 Å². The van der Waals surface area contributed by atoms with Crippen LogP contribution in [0.3, 0.4) is 0 Å². The van der Waals surface area contributed by atoms with Gasteiger partial charge in [0.1, 0.15) is 5.76 Å². The van der Waals surface area contributed by atoms with E-state index in [1.54, 1.807) is 49.2 Å². The highest BCUT2D eigenvalue weighted by Gasteiger charge is 2.08. The van der Waals surface area contributed by atoms with Crippen molar-refractivity contribution in [2.75, 3.05) is 22.8 Å². The molecule has 130 valence electrons. The van der Waals surface area contributed by atoms with E-state index in [2.05, 4.69) is 10.0 Å². The maximum atomic E-state index is 12.0. The first kappa shape index (κ1) is 18.4. The third kappa shape index (κ3) is 5.93. The van der Waals surface area contributed by atoms with Gasteiger partial charge in [-0.2, -0.15) is 11.8 Å². The van der Waals surface area contributed by atoms with Gasteiger partial charge >= 0.3 is 0 Å². The third-order valence-electron chi connectivity index (χ3n) is 3.16. The standard InChI is InChI=1S/C16H20N2O4S2/c1-2-24(20,21)18-14-7-5-13(6-8-14)16(19)17-9-11-23-12-15-4-3-10-22-15/h3-8,10,18H,2,9,11-12H2,1H3,(H,17,19). The summed E-state index contributed by atoms with van der Waals surface area (Å²) in [6.45, 7) is 2.11. The van der Waals surface area contributed by atoms with Crippen LogP contribution in [0.25, 0.3) is 0 Å². The molecule has 0 aliphatic rings. The fourth-order valence-corrected chi connectivity index (χ4v) is 3.24. The molecular formula is C16H20N2O4S2. The zero-order valence-corrected chi connectivity index (χ0v) is 15.0. The van der Waals surface area contributed by atoms with E-state index in [1.165, 1.54) is 0 Å². The van der Waals surface area contributed by atoms with Crippen LogP contribution in [-0.2, 0) is 15.8 Å². The summed E-state index contributed by atoms with van der Waals surface area (Å²) >= 11 is 1.67. The molecule has 0 unspecified atom stereocenters. The van der Waals surface area contributed by atoms with Gasteiger partial charge in [0.25, 0.3) is 5.91 Å². The van der Waals surface area contributed by atoms with Crippen molar-refractivity contribution in [2.24, 2.45) is 0 Å². The summed E-state index contributed by atoms with van der Waals surface area (Å²) in [4.78, 5) is 12.0. The van der Waals surface area contributed by atoms with Crippen LogP contribution in [0.2, 0.25) is 0 Å². The van der Waals surface area contributed by atoms with Crippen molar-refractivity contribution in [1.29, 1.82) is 0 Å². The molecule has 0 bridgehead atoms. The van der Waals surface area contributed by atoms with E-state index in [0.717, 1.165) is 17.3 Å². The number of carbonyl (C=O) groups excluding carboxylic acids is 1. The smallest absolute Gasteiger partial charge is 0.251 e. The number of hydrogen-bond acceptors (Lipinski definition) is 5. The lowest BCUT2D eigenvalue weighted by atomic mass is 10.2. The Morgan fingerprint density at radius 2 is 1.96 bits per heavy atom. The van der Waals surface area contributed by atoms with Crippen molar-refractivity contribution in [2.45, 2.75) is 12.7 Å². The first-order valence-corrected chi connectivity index (χ1v) is 10.3. The molecule has 0 radical (unpaired) electrons. The molecule has 2 aromatic rings. The number of anilines is 1. The maximum Gasteiger partial charge on any atom is 0.251 e. The number of amides is 1. The summed E-state index contributed by atoms with van der Waals surface area (Å²) in [5.74, 6) is 2.29. The number of hydrogen-bond donors (Lipinski definition) is 2. The second-order valence-electron chi connectivity index (χ2n) is 4.97. The van der Waals surface area contributed by atoms with E-state index in [1.807, 2.05) is 12.1 Å². The lowest BCUT2D eigenvalue weighted by Gasteiger charge is -2.08. The number of carbonyl (C=O) groups is 1. The van der Waals surface area contributed by atoms with Crippen molar-refractivity contribution in [3.8, 4) is 0 Å². The van der Waals surface area contributed by atoms with Gasteiger partial charge in [-0.15, -0.1) is 0 Å². The third-order valence-corrected chi connectivity index (χ3v) is 5.45. The highest BCUT2D eigenvalue weighted by atomic mass is 32.2. The van der Waals surface area contributed by atoms with Crippen LogP contribution in [0, 0.1) is 0 Å². The summed E-state index contributed by atoms with van der Waals surface area (Å²) in [6, 6.07) is 10.1. The highest BCUT2D eigenvalue weighted by Crippen LogP contribution is 2.13. The Morgan fingerprint density at radius 3 is 2.58 bits per heavy atom. The van der Waals surface area contributed by atoms with Gasteiger partial charge in [0.15, 0.2) is 0 Å². The molecule has 0 spiro atoms. The van der Waals surface area contributed by atoms with Crippen molar-refractivity contribution in [1.82, 2.24) is 5.32 Å². The average molecular weight is 368 g/mol. The Hall–Kier alpha value is -1.93. The Labute approximate surface area is 146 Å². The van der Waals surface area contributed by atoms with Gasteiger partial charge in [-0.05, 0) is 43.3 Å². The second kappa shape index (κ2) is 8.79. The minimum absolute atomic E-state index is 0.00487. The molecule has 1 aromatic heterocycles. The summed E-state index contributed by atoms with van der Waals surface area (Å²) in [7, 11) is -3.31. The number of furan rings is 1. The molecule has 1 heterocycles. The molecule has 1 aromatic carbocycles. The number of sulfonamides is 1. The maximum absolute atomic E-state index is 12.0. The molecule has 0 aliphatic carbocycles. The largest absolute Gasteiger partial charge is 0.468 e. The molecule has 0 saturated heterocycles. The number of thioether (sulfide) groups is 1. The van der Waals surface area contributed by atoms with Gasteiger partial charge in [0.2, 0.25) is 10.0 Å². The molecule has 2 N–H and O–H groups in total. The number of rotatable bonds is 9. The SMILES string of the molecule is CCS(=O)(=O)Nc1ccc(C(=O)NCCSCc2ccco2)cc1. The van der Waals surface area contributed by atoms with Crippen LogP contribution in [-0.4, -0.2) is 32.4 Å². The first-order chi connectivity index (χ1) is 11.5. The molecule has 2 rings (SSSR count). The van der Waals surface area contributed by atoms with Crippen LogP contribution in [0.4, 0.5) is 5.69 Å². The Morgan fingerprint density at radius 1 is 1.21 bits per heavy atom. The number of nitrogens with one attached hydrogen (secondary N) is 2. The van der Waals surface area contributed by atoms with Gasteiger partial charge in [-0.1, -0.05) is 0 Å². The average Bonchev–Trinajstić information content (AvgIpc) is 3.08. The fraction of sp³-hybridized carbons (Fsp3) is 0.312. The van der Waals surface area contributed by atoms with Crippen LogP contribution in [0.15, 0.2) is 47.1 Å². The van der Waals surface area contributed by atoms with E-state index < -0.39 is 10.0 Å². The Balaban J connectivity index is 1.74. The van der Waals surface area contributed by atoms with Gasteiger partial charge in [0, 0.05) is 23.5 Å². The molecule has 8 heteroatoms. The number of benzene rings is 1. The molecule has 0 aliphatic heterocycles. The van der Waals surface area contributed by atoms with Crippen molar-refractivity contribution >= 4 is 33.4 Å². The van der Waals surface area contributed by atoms with Crippen LogP contribution >= 0.6 is 11.8 Å². The summed E-state index contributed by atoms with van der Waals surface area (Å²) in [5.41, 5.74) is 0.938. The summed E-state index contributed by atoms with van der Waals surface area (Å²) < 4.78 is 30.6. The lowest BCUT2D eigenvalue weighted by Crippen LogP contribution is -2.25. The van der Waals surface area contributed by atoms with Gasteiger partial charge in [-0.25, -0.2) is 8.42 Å². The van der Waals surface area contributed by atoms with E-state index in [-0.39, 0.29) is 11.7 Å². The quantitative estimate of drug-likeness (QED) is 0.665. The van der Waals surface area contributed by atoms with E-state index in [9.17, 15) is 13.2 Å². The van der Waals surface area contributed by atoms with Crippen molar-refractivity contribution in [3.63, 3.8) is 0 Å². The fourth-order valence-electron chi connectivity index (χ4n) is 1.85. The molecule has 6 nitrogen and oxygen atoms in total. The summed E-state index contributed by atoms with van der Waals surface area (Å²) in [6.07, 6.45) is 1.64. The predicted octanol–water partition coefficient (Wildman–Crippen LogP) is 2.70. The molecule has 0 atom stereocenters. The topological polar surface area (TPSA) is 88.4 Å². The molecule has 24 heavy (non-hydrogen) atoms. The predicted molar refractivity (Wildman–Crippen MR) is 96.7 cm³/mol. The minimum Gasteiger partial charge on any atom is -0.468 e. The van der Waals surface area contributed by atoms with Gasteiger partial charge < -0.3 is 9.73 Å². The van der Waals surface area contributed by atoms with Gasteiger partial charge in [0.05, 0.1) is 17.8 Å². The minimum atomic E-state index is -3.31. The molecule has 0 saturated carbocycles. The van der Waals surface area contributed by atoms with E-state index in [4.69, 9.17) is 4.42 Å². The lowest BCUT2D eigenvalue weighted by molar-refractivity contribution is 0.0956. The van der Waals surface area contributed by atoms with Crippen LogP contribution < -0.4 is 10.0 Å². The normalized spacial score (nSPS) is 11.2. The van der Waals surface area contributed by atoms with E-state index >= 15 is 0 Å². The summed E-state index contributed by atoms with van der Waals surface area (Å²) in [5, 5.41) is 2.83. The van der Waals surface area contributed by atoms with Gasteiger partial charge in [-0.3, -0.25) is 9.52 Å². The molecule has 1 amide bonds. The second-order valence-corrected chi connectivity index (χ2v) is 8.09. The molecular weight excluding hydrogens is 348 g/mol.